The van der Waals surface area contributed by atoms with Crippen LogP contribution in [0.15, 0.2) is 17.8 Å². The van der Waals surface area contributed by atoms with E-state index < -0.39 is 0 Å². The lowest BCUT2D eigenvalue weighted by atomic mass is 10.5. The molecule has 0 saturated heterocycles. The van der Waals surface area contributed by atoms with Crippen LogP contribution in [0.3, 0.4) is 0 Å². The Balaban J connectivity index is 2.44. The molecule has 0 aliphatic heterocycles. The second-order valence-electron chi connectivity index (χ2n) is 2.09. The lowest BCUT2D eigenvalue weighted by molar-refractivity contribution is 1.26. The zero-order chi connectivity index (χ0) is 8.39. The molecule has 0 aromatic carbocycles. The number of nitrogens with one attached hydrogen (secondary N) is 1. The first kappa shape index (κ1) is 7.00. The van der Waals surface area contributed by atoms with Crippen LogP contribution in [0.5, 0.6) is 0 Å². The first-order valence-electron chi connectivity index (χ1n) is 3.25. The standard InChI is InChI=1S/C7H4N4S/c8-3-5-4-10-6(11-5)7-9-1-2-12-7/h1-2,4H,(H,10,11). The summed E-state index contributed by atoms with van der Waals surface area (Å²) in [7, 11) is 0. The number of aromatic amines is 1. The molecule has 0 bridgehead atoms. The number of aromatic nitrogens is 3. The van der Waals surface area contributed by atoms with Gasteiger partial charge in [-0.15, -0.1) is 11.3 Å². The van der Waals surface area contributed by atoms with Crippen LogP contribution in [0.4, 0.5) is 0 Å². The molecule has 2 rings (SSSR count). The molecule has 0 unspecified atom stereocenters. The molecule has 5 heteroatoms. The molecule has 0 saturated carbocycles. The maximum atomic E-state index is 8.51. The van der Waals surface area contributed by atoms with Crippen LogP contribution in [0.1, 0.15) is 5.69 Å². The second-order valence-corrected chi connectivity index (χ2v) is 2.99. The molecule has 0 spiro atoms. The van der Waals surface area contributed by atoms with Crippen LogP contribution >= 0.6 is 11.3 Å². The highest BCUT2D eigenvalue weighted by molar-refractivity contribution is 7.12. The highest BCUT2D eigenvalue weighted by Gasteiger charge is 2.03. The van der Waals surface area contributed by atoms with Crippen molar-refractivity contribution in [2.75, 3.05) is 0 Å². The summed E-state index contributed by atoms with van der Waals surface area (Å²) in [6.45, 7) is 0. The van der Waals surface area contributed by atoms with Gasteiger partial charge in [-0.05, 0) is 0 Å². The van der Waals surface area contributed by atoms with Gasteiger partial charge >= 0.3 is 0 Å². The lowest BCUT2D eigenvalue weighted by Crippen LogP contribution is -1.77. The number of rotatable bonds is 1. The Labute approximate surface area is 72.5 Å². The molecule has 0 aliphatic rings. The maximum absolute atomic E-state index is 8.51. The number of imidazole rings is 1. The fourth-order valence-electron chi connectivity index (χ4n) is 0.827. The van der Waals surface area contributed by atoms with Gasteiger partial charge in [-0.1, -0.05) is 0 Å². The van der Waals surface area contributed by atoms with Crippen molar-refractivity contribution < 1.29 is 0 Å². The topological polar surface area (TPSA) is 65.4 Å². The summed E-state index contributed by atoms with van der Waals surface area (Å²) in [5.74, 6) is 0.654. The van der Waals surface area contributed by atoms with Crippen LogP contribution in [-0.2, 0) is 0 Å². The predicted molar refractivity (Wildman–Crippen MR) is 44.4 cm³/mol. The fraction of sp³-hybridized carbons (Fsp3) is 0. The van der Waals surface area contributed by atoms with E-state index in [4.69, 9.17) is 5.26 Å². The monoisotopic (exact) mass is 176 g/mol. The van der Waals surface area contributed by atoms with Crippen molar-refractivity contribution in [3.63, 3.8) is 0 Å². The van der Waals surface area contributed by atoms with Crippen molar-refractivity contribution in [2.24, 2.45) is 0 Å². The van der Waals surface area contributed by atoms with E-state index in [1.54, 1.807) is 6.20 Å². The summed E-state index contributed by atoms with van der Waals surface area (Å²) in [5, 5.41) is 11.2. The molecule has 1 N–H and O–H groups in total. The number of thiazole rings is 1. The molecule has 0 radical (unpaired) electrons. The van der Waals surface area contributed by atoms with E-state index in [0.717, 1.165) is 5.01 Å². The maximum Gasteiger partial charge on any atom is 0.167 e. The Morgan fingerprint density at radius 2 is 2.42 bits per heavy atom. The van der Waals surface area contributed by atoms with E-state index in [0.29, 0.717) is 11.5 Å². The van der Waals surface area contributed by atoms with Gasteiger partial charge in [0.15, 0.2) is 10.8 Å². The highest BCUT2D eigenvalue weighted by Crippen LogP contribution is 2.17. The molecule has 4 nitrogen and oxygen atoms in total. The van der Waals surface area contributed by atoms with Crippen molar-refractivity contribution in [2.45, 2.75) is 0 Å². The predicted octanol–water partition coefficient (Wildman–Crippen LogP) is 1.40. The van der Waals surface area contributed by atoms with Crippen LogP contribution in [0, 0.1) is 11.3 Å². The quantitative estimate of drug-likeness (QED) is 0.714. The van der Waals surface area contributed by atoms with E-state index in [1.165, 1.54) is 17.5 Å². The number of nitriles is 1. The molecule has 2 heterocycles. The SMILES string of the molecule is N#Cc1cnc(-c2nccs2)[nH]1. The van der Waals surface area contributed by atoms with Gasteiger partial charge in [-0.3, -0.25) is 0 Å². The minimum absolute atomic E-state index is 0.459. The highest BCUT2D eigenvalue weighted by atomic mass is 32.1. The average Bonchev–Trinajstić information content (AvgIpc) is 2.75. The third kappa shape index (κ3) is 1.08. The van der Waals surface area contributed by atoms with E-state index in [9.17, 15) is 0 Å². The summed E-state index contributed by atoms with van der Waals surface area (Å²) in [5.41, 5.74) is 0.459. The Kier molecular flexibility index (Phi) is 1.61. The molecule has 2 aromatic rings. The summed E-state index contributed by atoms with van der Waals surface area (Å²) in [6, 6.07) is 1.97. The lowest BCUT2D eigenvalue weighted by Gasteiger charge is -1.84. The van der Waals surface area contributed by atoms with Gasteiger partial charge < -0.3 is 4.98 Å². The number of nitrogens with zero attached hydrogens (tertiary/aromatic N) is 3. The molecule has 0 fully saturated rings. The Bertz CT molecular complexity index is 409. The van der Waals surface area contributed by atoms with E-state index in [2.05, 4.69) is 15.0 Å². The van der Waals surface area contributed by atoms with Gasteiger partial charge in [-0.25, -0.2) is 9.97 Å². The summed E-state index contributed by atoms with van der Waals surface area (Å²) in [4.78, 5) is 10.9. The Morgan fingerprint density at radius 1 is 1.50 bits per heavy atom. The van der Waals surface area contributed by atoms with Crippen LogP contribution in [0.2, 0.25) is 0 Å². The van der Waals surface area contributed by atoms with E-state index in [-0.39, 0.29) is 0 Å². The number of H-pyrrole nitrogens is 1. The Hall–Kier alpha value is -1.67. The van der Waals surface area contributed by atoms with Crippen molar-refractivity contribution >= 4 is 11.3 Å². The van der Waals surface area contributed by atoms with Gasteiger partial charge in [-0.2, -0.15) is 5.26 Å². The summed E-state index contributed by atoms with van der Waals surface area (Å²) < 4.78 is 0. The van der Waals surface area contributed by atoms with Crippen molar-refractivity contribution in [3.8, 4) is 16.9 Å². The Morgan fingerprint density at radius 3 is 3.00 bits per heavy atom. The van der Waals surface area contributed by atoms with Crippen LogP contribution in [-0.4, -0.2) is 15.0 Å². The van der Waals surface area contributed by atoms with Gasteiger partial charge in [0.05, 0.1) is 6.20 Å². The van der Waals surface area contributed by atoms with E-state index >= 15 is 0 Å². The number of hydrogen-bond donors (Lipinski definition) is 1. The molecule has 2 aromatic heterocycles. The molecular formula is C7H4N4S. The molecule has 58 valence electrons. The third-order valence-corrected chi connectivity index (χ3v) is 2.11. The minimum Gasteiger partial charge on any atom is -0.328 e. The fourth-order valence-corrected chi connectivity index (χ4v) is 1.41. The normalized spacial score (nSPS) is 9.58. The molecule has 0 aliphatic carbocycles. The average molecular weight is 176 g/mol. The molecular weight excluding hydrogens is 172 g/mol. The van der Waals surface area contributed by atoms with Gasteiger partial charge in [0, 0.05) is 11.6 Å². The van der Waals surface area contributed by atoms with Crippen molar-refractivity contribution in [3.05, 3.63) is 23.5 Å². The van der Waals surface area contributed by atoms with Gasteiger partial charge in [0.2, 0.25) is 0 Å². The molecule has 12 heavy (non-hydrogen) atoms. The zero-order valence-corrected chi connectivity index (χ0v) is 6.80. The molecule has 0 atom stereocenters. The van der Waals surface area contributed by atoms with E-state index in [1.807, 2.05) is 11.4 Å². The minimum atomic E-state index is 0.459. The summed E-state index contributed by atoms with van der Waals surface area (Å²) >= 11 is 1.49. The first-order valence-corrected chi connectivity index (χ1v) is 4.13. The van der Waals surface area contributed by atoms with Crippen LogP contribution < -0.4 is 0 Å². The largest absolute Gasteiger partial charge is 0.328 e. The van der Waals surface area contributed by atoms with Crippen molar-refractivity contribution in [1.82, 2.24) is 15.0 Å². The third-order valence-electron chi connectivity index (χ3n) is 1.33. The zero-order valence-electron chi connectivity index (χ0n) is 5.98. The van der Waals surface area contributed by atoms with Crippen molar-refractivity contribution in [1.29, 1.82) is 5.26 Å². The number of hydrogen-bond acceptors (Lipinski definition) is 4. The van der Waals surface area contributed by atoms with Crippen LogP contribution in [0.25, 0.3) is 10.8 Å². The smallest absolute Gasteiger partial charge is 0.167 e. The second kappa shape index (κ2) is 2.75. The molecule has 0 amide bonds. The van der Waals surface area contributed by atoms with Gasteiger partial charge in [0.25, 0.3) is 0 Å². The first-order chi connectivity index (χ1) is 5.90. The van der Waals surface area contributed by atoms with Gasteiger partial charge in [0.1, 0.15) is 11.8 Å². The summed E-state index contributed by atoms with van der Waals surface area (Å²) in [6.07, 6.45) is 3.20.